The second-order valence-corrected chi connectivity index (χ2v) is 24.0. The summed E-state index contributed by atoms with van der Waals surface area (Å²) in [7, 11) is -3.60. The molecule has 5 atom stereocenters. The molecule has 1 heterocycles. The lowest BCUT2D eigenvalue weighted by Crippen LogP contribution is -2.65. The maximum Gasteiger partial charge on any atom is 0.315 e. The number of hydrogen-bond donors (Lipinski definition) is 4. The van der Waals surface area contributed by atoms with E-state index >= 15 is 4.79 Å². The molecular formula is C45H75N5O9S. The van der Waals surface area contributed by atoms with E-state index in [0.717, 1.165) is 57.8 Å². The van der Waals surface area contributed by atoms with Crippen molar-refractivity contribution >= 4 is 45.3 Å². The first-order valence-corrected chi connectivity index (χ1v) is 24.5. The zero-order valence-corrected chi connectivity index (χ0v) is 38.7. The van der Waals surface area contributed by atoms with Crippen molar-refractivity contribution in [2.45, 2.75) is 199 Å². The topological polar surface area (TPSA) is 197 Å². The maximum atomic E-state index is 15.1. The Morgan fingerprint density at radius 1 is 0.833 bits per heavy atom. The standard InChI is InChI=1S/C45H75N5O9S/c1-10-42(5,6)60(57,58)28-45(23-15-12-16-24-45)49-40(56)48-36(44(9)21-13-11-14-22-44)39(55)50-27-30-33(43(30,7)8)34(50)37(53)47-31(26-29-18-17-19-29)35(52)38(54)46-25-20-32(51)59-41(2,3)4/h29-31,33-34,36H,10-28H2,1-9H3,(H,46,54)(H,47,53)(H2,48,49,56)/t30-,31?,33?,34+,36-/m1/s1. The summed E-state index contributed by atoms with van der Waals surface area (Å²) in [6, 6.07) is -3.60. The van der Waals surface area contributed by atoms with Crippen molar-refractivity contribution in [3.63, 3.8) is 0 Å². The number of nitrogens with one attached hydrogen (secondary N) is 4. The number of likely N-dealkylation sites (tertiary alicyclic amines) is 1. The Balaban J connectivity index is 1.36. The van der Waals surface area contributed by atoms with Gasteiger partial charge in [0.05, 0.1) is 28.5 Å². The molecule has 5 fully saturated rings. The van der Waals surface area contributed by atoms with Crippen LogP contribution in [0.4, 0.5) is 4.79 Å². The van der Waals surface area contributed by atoms with Crippen molar-refractivity contribution in [3.8, 4) is 0 Å². The van der Waals surface area contributed by atoms with Gasteiger partial charge in [-0.25, -0.2) is 13.2 Å². The van der Waals surface area contributed by atoms with Crippen molar-refractivity contribution in [1.29, 1.82) is 0 Å². The van der Waals surface area contributed by atoms with E-state index in [1.165, 1.54) is 0 Å². The SMILES string of the molecule is CCC(C)(C)S(=O)(=O)CC1(NC(=O)N[C@H](C(=O)N2C[C@@H]3C([C@H]2C(=O)NC(CC2CCC2)C(=O)C(=O)NCCC(=O)OC(C)(C)C)C3(C)C)C2(C)CCCCC2)CCCCC1. The van der Waals surface area contributed by atoms with Crippen LogP contribution in [-0.4, -0.2) is 102 Å². The van der Waals surface area contributed by atoms with Crippen molar-refractivity contribution in [1.82, 2.24) is 26.2 Å². The number of piperidine rings is 1. The Hall–Kier alpha value is -3.23. The molecular weight excluding hydrogens is 787 g/mol. The normalized spacial score (nSPS) is 25.7. The van der Waals surface area contributed by atoms with Gasteiger partial charge in [0.2, 0.25) is 17.6 Å². The van der Waals surface area contributed by atoms with E-state index in [1.807, 2.05) is 13.8 Å². The molecule has 340 valence electrons. The molecule has 0 radical (unpaired) electrons. The molecule has 5 aliphatic rings. The number of urea groups is 1. The zero-order valence-electron chi connectivity index (χ0n) is 37.9. The van der Waals surface area contributed by atoms with Crippen LogP contribution < -0.4 is 21.3 Å². The summed E-state index contributed by atoms with van der Waals surface area (Å²) in [6.45, 7) is 16.9. The lowest BCUT2D eigenvalue weighted by molar-refractivity contribution is -0.154. The van der Waals surface area contributed by atoms with Crippen molar-refractivity contribution < 1.29 is 41.9 Å². The van der Waals surface area contributed by atoms with Gasteiger partial charge >= 0.3 is 12.0 Å². The van der Waals surface area contributed by atoms with Crippen molar-refractivity contribution in [2.24, 2.45) is 28.6 Å². The molecule has 5 rings (SSSR count). The predicted molar refractivity (Wildman–Crippen MR) is 229 cm³/mol. The number of amides is 5. The van der Waals surface area contributed by atoms with E-state index in [4.69, 9.17) is 4.74 Å². The molecule has 4 N–H and O–H groups in total. The molecule has 5 amide bonds. The molecule has 1 saturated heterocycles. The summed E-state index contributed by atoms with van der Waals surface area (Å²) in [5.74, 6) is -3.24. The van der Waals surface area contributed by atoms with Gasteiger partial charge in [-0.1, -0.05) is 85.5 Å². The van der Waals surface area contributed by atoms with Crippen LogP contribution in [0.1, 0.15) is 165 Å². The smallest absolute Gasteiger partial charge is 0.315 e. The third kappa shape index (κ3) is 10.9. The van der Waals surface area contributed by atoms with E-state index in [1.54, 1.807) is 39.5 Å². The number of nitrogens with zero attached hydrogens (tertiary/aromatic N) is 1. The average molecular weight is 862 g/mol. The van der Waals surface area contributed by atoms with Crippen LogP contribution in [0, 0.1) is 28.6 Å². The fraction of sp³-hybridized carbons (Fsp3) is 0.867. The fourth-order valence-electron chi connectivity index (χ4n) is 10.3. The van der Waals surface area contributed by atoms with E-state index in [9.17, 15) is 32.4 Å². The Morgan fingerprint density at radius 3 is 1.98 bits per heavy atom. The number of hydrogen-bond acceptors (Lipinski definition) is 9. The summed E-state index contributed by atoms with van der Waals surface area (Å²) >= 11 is 0. The summed E-state index contributed by atoms with van der Waals surface area (Å²) in [5, 5.41) is 11.6. The lowest BCUT2D eigenvalue weighted by Gasteiger charge is -2.44. The van der Waals surface area contributed by atoms with E-state index < -0.39 is 78.9 Å². The number of carbonyl (C=O) groups is 6. The van der Waals surface area contributed by atoms with E-state index in [0.29, 0.717) is 38.6 Å². The molecule has 0 aromatic rings. The van der Waals surface area contributed by atoms with Crippen LogP contribution in [0.15, 0.2) is 0 Å². The molecule has 4 saturated carbocycles. The summed E-state index contributed by atoms with van der Waals surface area (Å²) in [5.41, 5.74) is -2.52. The van der Waals surface area contributed by atoms with Gasteiger partial charge in [-0.2, -0.15) is 0 Å². The summed E-state index contributed by atoms with van der Waals surface area (Å²) in [4.78, 5) is 84.7. The molecule has 2 unspecified atom stereocenters. The third-order valence-corrected chi connectivity index (χ3v) is 17.9. The molecule has 60 heavy (non-hydrogen) atoms. The molecule has 0 aromatic heterocycles. The second-order valence-electron chi connectivity index (χ2n) is 21.4. The zero-order chi connectivity index (χ0) is 44.5. The first kappa shape index (κ1) is 47.8. The number of rotatable bonds is 17. The largest absolute Gasteiger partial charge is 0.460 e. The highest BCUT2D eigenvalue weighted by molar-refractivity contribution is 7.92. The summed E-state index contributed by atoms with van der Waals surface area (Å²) in [6.07, 6.45) is 11.1. The van der Waals surface area contributed by atoms with Crippen LogP contribution in [0.3, 0.4) is 0 Å². The number of fused-ring (bicyclic) bond motifs is 1. The molecule has 0 bridgehead atoms. The molecule has 0 spiro atoms. The molecule has 1 aliphatic heterocycles. The van der Waals surface area contributed by atoms with Crippen LogP contribution in [0.5, 0.6) is 0 Å². The van der Waals surface area contributed by atoms with Gasteiger partial charge in [0.15, 0.2) is 9.84 Å². The number of sulfone groups is 1. The maximum absolute atomic E-state index is 15.1. The third-order valence-electron chi connectivity index (χ3n) is 15.0. The van der Waals surface area contributed by atoms with Gasteiger partial charge in [-0.3, -0.25) is 24.0 Å². The van der Waals surface area contributed by atoms with Gasteiger partial charge in [0, 0.05) is 13.1 Å². The Bertz CT molecular complexity index is 1740. The predicted octanol–water partition coefficient (Wildman–Crippen LogP) is 5.51. The molecule has 0 aromatic carbocycles. The van der Waals surface area contributed by atoms with Crippen LogP contribution in [-0.2, 0) is 38.5 Å². The Labute approximate surface area is 358 Å². The number of ketones is 1. The van der Waals surface area contributed by atoms with Gasteiger partial charge in [0.1, 0.15) is 17.7 Å². The van der Waals surface area contributed by atoms with E-state index in [2.05, 4.69) is 35.1 Å². The monoisotopic (exact) mass is 862 g/mol. The second kappa shape index (κ2) is 18.2. The van der Waals surface area contributed by atoms with Crippen LogP contribution >= 0.6 is 0 Å². The number of Topliss-reactive ketones (excluding diaryl/α,β-unsaturated/α-hetero) is 1. The van der Waals surface area contributed by atoms with Gasteiger partial charge in [-0.15, -0.1) is 0 Å². The minimum absolute atomic E-state index is 0.0282. The van der Waals surface area contributed by atoms with Crippen molar-refractivity contribution in [3.05, 3.63) is 0 Å². The lowest BCUT2D eigenvalue weighted by atomic mass is 9.70. The highest BCUT2D eigenvalue weighted by Gasteiger charge is 2.70. The van der Waals surface area contributed by atoms with Gasteiger partial charge < -0.3 is 30.9 Å². The van der Waals surface area contributed by atoms with Gasteiger partial charge in [-0.05, 0) is 102 Å². The molecule has 14 nitrogen and oxygen atoms in total. The van der Waals surface area contributed by atoms with Crippen molar-refractivity contribution in [2.75, 3.05) is 18.8 Å². The minimum atomic E-state index is -3.60. The minimum Gasteiger partial charge on any atom is -0.460 e. The summed E-state index contributed by atoms with van der Waals surface area (Å²) < 4.78 is 31.8. The van der Waals surface area contributed by atoms with Crippen LogP contribution in [0.25, 0.3) is 0 Å². The first-order chi connectivity index (χ1) is 27.9. The van der Waals surface area contributed by atoms with Crippen LogP contribution in [0.2, 0.25) is 0 Å². The number of esters is 1. The first-order valence-electron chi connectivity index (χ1n) is 22.8. The molecule has 15 heteroatoms. The fourth-order valence-corrected chi connectivity index (χ4v) is 12.3. The Morgan fingerprint density at radius 2 is 1.43 bits per heavy atom. The number of ether oxygens (including phenoxy) is 1. The Kier molecular flexibility index (Phi) is 14.5. The van der Waals surface area contributed by atoms with Gasteiger partial charge in [0.25, 0.3) is 5.91 Å². The molecule has 4 aliphatic carbocycles. The highest BCUT2D eigenvalue weighted by Crippen LogP contribution is 2.65. The highest BCUT2D eigenvalue weighted by atomic mass is 32.2. The number of carbonyl (C=O) groups excluding carboxylic acids is 6. The quantitative estimate of drug-likeness (QED) is 0.108. The average Bonchev–Trinajstić information content (AvgIpc) is 3.43. The van der Waals surface area contributed by atoms with E-state index in [-0.39, 0.29) is 54.2 Å².